The van der Waals surface area contributed by atoms with Crippen LogP contribution >= 0.6 is 24.0 Å². The maximum atomic E-state index is 5.99. The van der Waals surface area contributed by atoms with Crippen LogP contribution in [0.2, 0.25) is 0 Å². The molecule has 0 aliphatic heterocycles. The van der Waals surface area contributed by atoms with Crippen LogP contribution in [0, 0.1) is 6.92 Å². The van der Waals surface area contributed by atoms with Crippen LogP contribution < -0.4 is 24.8 Å². The van der Waals surface area contributed by atoms with Gasteiger partial charge in [-0.15, -0.1) is 24.0 Å². The van der Waals surface area contributed by atoms with Gasteiger partial charge in [0.2, 0.25) is 0 Å². The van der Waals surface area contributed by atoms with Crippen molar-refractivity contribution in [3.8, 4) is 17.2 Å². The summed E-state index contributed by atoms with van der Waals surface area (Å²) in [6.07, 6.45) is -0.0771. The third-order valence-corrected chi connectivity index (χ3v) is 4.54. The van der Waals surface area contributed by atoms with E-state index in [9.17, 15) is 0 Å². The molecule has 2 aromatic carbocycles. The zero-order valence-electron chi connectivity index (χ0n) is 19.6. The molecule has 0 saturated heterocycles. The van der Waals surface area contributed by atoms with E-state index >= 15 is 0 Å². The molecular weight excluding hydrogens is 521 g/mol. The molecule has 1 atom stereocenters. The Morgan fingerprint density at radius 2 is 1.78 bits per heavy atom. The monoisotopic (exact) mass is 557 g/mol. The fourth-order valence-electron chi connectivity index (χ4n) is 2.91. The van der Waals surface area contributed by atoms with Crippen molar-refractivity contribution in [2.45, 2.75) is 33.4 Å². The summed E-state index contributed by atoms with van der Waals surface area (Å²) in [5.74, 6) is 2.98. The first-order valence-corrected chi connectivity index (χ1v) is 10.6. The number of hydrogen-bond acceptors (Lipinski definition) is 5. The molecule has 0 amide bonds. The van der Waals surface area contributed by atoms with Crippen LogP contribution in [0.1, 0.15) is 25.0 Å². The van der Waals surface area contributed by atoms with Crippen LogP contribution in [-0.2, 0) is 11.3 Å². The van der Waals surface area contributed by atoms with Crippen LogP contribution in [0.3, 0.4) is 0 Å². The van der Waals surface area contributed by atoms with Gasteiger partial charge in [-0.1, -0.05) is 24.3 Å². The molecule has 2 rings (SSSR count). The van der Waals surface area contributed by atoms with Crippen LogP contribution in [-0.4, -0.2) is 52.6 Å². The summed E-state index contributed by atoms with van der Waals surface area (Å²) in [7, 11) is 3.38. The normalized spacial score (nSPS) is 11.8. The molecular formula is C24H36IN3O4. The van der Waals surface area contributed by atoms with Gasteiger partial charge in [-0.05, 0) is 44.5 Å². The lowest BCUT2D eigenvalue weighted by Crippen LogP contribution is -2.41. The Kier molecular flexibility index (Phi) is 13.5. The third-order valence-electron chi connectivity index (χ3n) is 4.54. The van der Waals surface area contributed by atoms with Gasteiger partial charge in [-0.25, -0.2) is 0 Å². The molecule has 0 aromatic heterocycles. The zero-order chi connectivity index (χ0) is 22.5. The van der Waals surface area contributed by atoms with E-state index in [1.165, 1.54) is 0 Å². The number of nitrogens with zero attached hydrogens (tertiary/aromatic N) is 1. The molecule has 8 heteroatoms. The van der Waals surface area contributed by atoms with E-state index in [1.807, 2.05) is 44.2 Å². The topological polar surface area (TPSA) is 73.3 Å². The lowest BCUT2D eigenvalue weighted by atomic mass is 10.1. The van der Waals surface area contributed by atoms with Gasteiger partial charge in [0.15, 0.2) is 17.5 Å². The number of hydrogen-bond donors (Lipinski definition) is 2. The van der Waals surface area contributed by atoms with Gasteiger partial charge in [-0.3, -0.25) is 4.99 Å². The molecule has 7 nitrogen and oxygen atoms in total. The van der Waals surface area contributed by atoms with E-state index in [-0.39, 0.29) is 30.1 Å². The number of nitrogens with one attached hydrogen (secondary N) is 2. The van der Waals surface area contributed by atoms with Gasteiger partial charge in [0.25, 0.3) is 0 Å². The van der Waals surface area contributed by atoms with E-state index in [2.05, 4.69) is 34.7 Å². The SMILES string of the molecule is CCOCCOc1cc(C)ccc1CNC(=NC)NCC(C)Oc1ccccc1OC.I. The Hall–Kier alpha value is -2.20. The maximum Gasteiger partial charge on any atom is 0.191 e. The van der Waals surface area contributed by atoms with E-state index in [4.69, 9.17) is 18.9 Å². The lowest BCUT2D eigenvalue weighted by Gasteiger charge is -2.19. The van der Waals surface area contributed by atoms with Crippen molar-refractivity contribution in [1.82, 2.24) is 10.6 Å². The molecule has 0 bridgehead atoms. The maximum absolute atomic E-state index is 5.99. The van der Waals surface area contributed by atoms with Gasteiger partial charge < -0.3 is 29.6 Å². The average Bonchev–Trinajstić information content (AvgIpc) is 2.78. The first-order chi connectivity index (χ1) is 15.1. The number of benzene rings is 2. The van der Waals surface area contributed by atoms with Crippen molar-refractivity contribution in [3.05, 3.63) is 53.6 Å². The molecule has 0 saturated carbocycles. The molecule has 0 radical (unpaired) electrons. The van der Waals surface area contributed by atoms with Crippen molar-refractivity contribution in [3.63, 3.8) is 0 Å². The molecule has 178 valence electrons. The second-order valence-corrected chi connectivity index (χ2v) is 7.04. The summed E-state index contributed by atoms with van der Waals surface area (Å²) in [6, 6.07) is 13.8. The number of methoxy groups -OCH3 is 1. The van der Waals surface area contributed by atoms with E-state index in [1.54, 1.807) is 14.2 Å². The minimum atomic E-state index is -0.0771. The summed E-state index contributed by atoms with van der Waals surface area (Å²) in [5, 5.41) is 6.64. The quantitative estimate of drug-likeness (QED) is 0.177. The molecule has 0 aliphatic carbocycles. The second kappa shape index (κ2) is 15.6. The Labute approximate surface area is 208 Å². The smallest absolute Gasteiger partial charge is 0.191 e. The predicted molar refractivity (Wildman–Crippen MR) is 140 cm³/mol. The highest BCUT2D eigenvalue weighted by molar-refractivity contribution is 14.0. The highest BCUT2D eigenvalue weighted by atomic mass is 127. The van der Waals surface area contributed by atoms with Gasteiger partial charge in [0.05, 0.1) is 20.3 Å². The Bertz CT molecular complexity index is 833. The van der Waals surface area contributed by atoms with Crippen molar-refractivity contribution in [2.75, 3.05) is 40.5 Å². The third kappa shape index (κ3) is 9.52. The first-order valence-electron chi connectivity index (χ1n) is 10.6. The molecule has 32 heavy (non-hydrogen) atoms. The van der Waals surface area contributed by atoms with E-state index < -0.39 is 0 Å². The van der Waals surface area contributed by atoms with Gasteiger partial charge in [0.1, 0.15) is 18.5 Å². The first kappa shape index (κ1) is 27.8. The zero-order valence-corrected chi connectivity index (χ0v) is 22.0. The molecule has 0 fully saturated rings. The highest BCUT2D eigenvalue weighted by Gasteiger charge is 2.10. The lowest BCUT2D eigenvalue weighted by molar-refractivity contribution is 0.110. The van der Waals surface area contributed by atoms with E-state index in [0.29, 0.717) is 44.6 Å². The second-order valence-electron chi connectivity index (χ2n) is 7.04. The molecule has 2 N–H and O–H groups in total. The highest BCUT2D eigenvalue weighted by Crippen LogP contribution is 2.26. The van der Waals surface area contributed by atoms with Crippen molar-refractivity contribution < 1.29 is 18.9 Å². The Morgan fingerprint density at radius 1 is 1.03 bits per heavy atom. The van der Waals surface area contributed by atoms with Gasteiger partial charge in [0, 0.05) is 25.8 Å². The summed E-state index contributed by atoms with van der Waals surface area (Å²) >= 11 is 0. The predicted octanol–water partition coefficient (Wildman–Crippen LogP) is 4.17. The number of rotatable bonds is 12. The van der Waals surface area contributed by atoms with Crippen molar-refractivity contribution in [2.24, 2.45) is 4.99 Å². The van der Waals surface area contributed by atoms with Crippen molar-refractivity contribution in [1.29, 1.82) is 0 Å². The fourth-order valence-corrected chi connectivity index (χ4v) is 2.91. The molecule has 2 aromatic rings. The average molecular weight is 557 g/mol. The minimum Gasteiger partial charge on any atom is -0.493 e. The van der Waals surface area contributed by atoms with Crippen LogP contribution in [0.5, 0.6) is 17.2 Å². The number of aliphatic imine (C=N–C) groups is 1. The van der Waals surface area contributed by atoms with Gasteiger partial charge >= 0.3 is 0 Å². The largest absolute Gasteiger partial charge is 0.493 e. The fraction of sp³-hybridized carbons (Fsp3) is 0.458. The molecule has 0 aliphatic rings. The summed E-state index contributed by atoms with van der Waals surface area (Å²) in [5.41, 5.74) is 2.21. The number of guanidine groups is 1. The van der Waals surface area contributed by atoms with Crippen molar-refractivity contribution >= 4 is 29.9 Å². The number of para-hydroxylation sites is 2. The minimum absolute atomic E-state index is 0. The van der Waals surface area contributed by atoms with Crippen LogP contribution in [0.4, 0.5) is 0 Å². The van der Waals surface area contributed by atoms with Crippen LogP contribution in [0.15, 0.2) is 47.5 Å². The molecule has 0 spiro atoms. The Morgan fingerprint density at radius 3 is 2.47 bits per heavy atom. The Balaban J connectivity index is 0.00000512. The molecule has 0 heterocycles. The number of ether oxygens (including phenoxy) is 4. The summed E-state index contributed by atoms with van der Waals surface area (Å²) in [4.78, 5) is 4.30. The summed E-state index contributed by atoms with van der Waals surface area (Å²) in [6.45, 7) is 8.98. The summed E-state index contributed by atoms with van der Waals surface area (Å²) < 4.78 is 22.6. The number of aryl methyl sites for hydroxylation is 1. The van der Waals surface area contributed by atoms with Gasteiger partial charge in [-0.2, -0.15) is 0 Å². The van der Waals surface area contributed by atoms with E-state index in [0.717, 1.165) is 22.6 Å². The molecule has 1 unspecified atom stereocenters. The standard InChI is InChI=1S/C24H35N3O4.HI/c1-6-29-13-14-30-23-15-18(2)11-12-20(23)17-27-24(25-4)26-16-19(3)31-22-10-8-7-9-21(22)28-5;/h7-12,15,19H,6,13-14,16-17H2,1-5H3,(H2,25,26,27);1H. The number of halogens is 1. The van der Waals surface area contributed by atoms with Crippen LogP contribution in [0.25, 0.3) is 0 Å².